The molecule has 1 aromatic carbocycles. The van der Waals surface area contributed by atoms with Gasteiger partial charge in [0.25, 0.3) is 0 Å². The number of thiazole rings is 1. The number of rotatable bonds is 1. The zero-order chi connectivity index (χ0) is 12.6. The fourth-order valence-electron chi connectivity index (χ4n) is 1.41. The van der Waals surface area contributed by atoms with E-state index in [1.807, 2.05) is 6.92 Å². The highest BCUT2D eigenvalue weighted by Gasteiger charge is 2.30. The summed E-state index contributed by atoms with van der Waals surface area (Å²) in [5.74, 6) is 0. The van der Waals surface area contributed by atoms with E-state index >= 15 is 0 Å². The Hall–Kier alpha value is -1.56. The van der Waals surface area contributed by atoms with Crippen molar-refractivity contribution in [2.75, 3.05) is 5.73 Å². The Bertz CT molecular complexity index is 546. The number of hydrogen-bond donors (Lipinski definition) is 1. The second kappa shape index (κ2) is 4.03. The van der Waals surface area contributed by atoms with Crippen molar-refractivity contribution >= 4 is 17.0 Å². The number of nitrogen functional groups attached to an aromatic ring is 1. The molecular formula is C11H9F3N2S. The lowest BCUT2D eigenvalue weighted by molar-refractivity contribution is -0.137. The Kier molecular flexibility index (Phi) is 2.82. The highest BCUT2D eigenvalue weighted by atomic mass is 32.1. The highest BCUT2D eigenvalue weighted by molar-refractivity contribution is 7.15. The van der Waals surface area contributed by atoms with Gasteiger partial charge in [0.1, 0.15) is 5.01 Å². The number of anilines is 1. The molecule has 0 bridgehead atoms. The van der Waals surface area contributed by atoms with Crippen LogP contribution in [0.15, 0.2) is 24.4 Å². The third-order valence-corrected chi connectivity index (χ3v) is 3.18. The number of alkyl halides is 3. The van der Waals surface area contributed by atoms with Crippen molar-refractivity contribution in [3.8, 4) is 10.6 Å². The summed E-state index contributed by atoms with van der Waals surface area (Å²) in [5.41, 5.74) is 5.51. The van der Waals surface area contributed by atoms with Crippen LogP contribution in [0.25, 0.3) is 10.6 Å². The Labute approximate surface area is 99.9 Å². The quantitative estimate of drug-likeness (QED) is 0.792. The number of nitrogens with two attached hydrogens (primary N) is 1. The van der Waals surface area contributed by atoms with Crippen LogP contribution < -0.4 is 5.73 Å². The second-order valence-electron chi connectivity index (χ2n) is 3.58. The van der Waals surface area contributed by atoms with E-state index in [9.17, 15) is 13.2 Å². The SMILES string of the molecule is Cc1cnc(-c2ccc(C(F)(F)F)cc2N)s1. The van der Waals surface area contributed by atoms with Crippen molar-refractivity contribution in [3.05, 3.63) is 34.8 Å². The number of nitrogens with zero attached hydrogens (tertiary/aromatic N) is 1. The molecule has 2 rings (SSSR count). The van der Waals surface area contributed by atoms with Crippen molar-refractivity contribution in [1.29, 1.82) is 0 Å². The molecule has 6 heteroatoms. The molecular weight excluding hydrogens is 249 g/mol. The third kappa shape index (κ3) is 2.41. The van der Waals surface area contributed by atoms with Gasteiger partial charge in [0.15, 0.2) is 0 Å². The van der Waals surface area contributed by atoms with E-state index in [0.717, 1.165) is 17.0 Å². The van der Waals surface area contributed by atoms with Gasteiger partial charge in [0.05, 0.1) is 5.56 Å². The number of aryl methyl sites for hydroxylation is 1. The molecule has 0 spiro atoms. The fraction of sp³-hybridized carbons (Fsp3) is 0.182. The van der Waals surface area contributed by atoms with Gasteiger partial charge >= 0.3 is 6.18 Å². The van der Waals surface area contributed by atoms with E-state index in [4.69, 9.17) is 5.73 Å². The molecule has 0 saturated carbocycles. The van der Waals surface area contributed by atoms with Crippen LogP contribution in [-0.2, 0) is 6.18 Å². The van der Waals surface area contributed by atoms with E-state index in [2.05, 4.69) is 4.98 Å². The van der Waals surface area contributed by atoms with Gasteiger partial charge in [-0.2, -0.15) is 13.2 Å². The van der Waals surface area contributed by atoms with Crippen LogP contribution >= 0.6 is 11.3 Å². The topological polar surface area (TPSA) is 38.9 Å². The molecule has 0 saturated heterocycles. The molecule has 1 aromatic heterocycles. The summed E-state index contributed by atoms with van der Waals surface area (Å²) in [4.78, 5) is 5.08. The molecule has 0 fully saturated rings. The monoisotopic (exact) mass is 258 g/mol. The molecule has 1 heterocycles. The number of benzene rings is 1. The van der Waals surface area contributed by atoms with Crippen LogP contribution in [0, 0.1) is 6.92 Å². The molecule has 0 atom stereocenters. The maximum Gasteiger partial charge on any atom is 0.416 e. The minimum atomic E-state index is -4.37. The van der Waals surface area contributed by atoms with Crippen LogP contribution in [0.5, 0.6) is 0 Å². The van der Waals surface area contributed by atoms with Crippen molar-refractivity contribution in [1.82, 2.24) is 4.98 Å². The first-order chi connectivity index (χ1) is 7.88. The smallest absolute Gasteiger partial charge is 0.398 e. The van der Waals surface area contributed by atoms with Crippen LogP contribution in [0.3, 0.4) is 0 Å². The summed E-state index contributed by atoms with van der Waals surface area (Å²) in [6.07, 6.45) is -2.71. The molecule has 0 amide bonds. The van der Waals surface area contributed by atoms with Crippen LogP contribution in [-0.4, -0.2) is 4.98 Å². The zero-order valence-electron chi connectivity index (χ0n) is 8.88. The van der Waals surface area contributed by atoms with Gasteiger partial charge in [-0.15, -0.1) is 11.3 Å². The largest absolute Gasteiger partial charge is 0.416 e. The fourth-order valence-corrected chi connectivity index (χ4v) is 2.22. The van der Waals surface area contributed by atoms with Gasteiger partial charge in [0, 0.05) is 22.3 Å². The van der Waals surface area contributed by atoms with Crippen LogP contribution in [0.2, 0.25) is 0 Å². The molecule has 0 unspecified atom stereocenters. The normalized spacial score (nSPS) is 11.8. The Morgan fingerprint density at radius 2 is 2.00 bits per heavy atom. The second-order valence-corrected chi connectivity index (χ2v) is 4.81. The molecule has 0 aliphatic rings. The summed E-state index contributed by atoms with van der Waals surface area (Å²) in [6.45, 7) is 1.88. The average molecular weight is 258 g/mol. The molecule has 0 aliphatic carbocycles. The Morgan fingerprint density at radius 3 is 2.47 bits per heavy atom. The van der Waals surface area contributed by atoms with Gasteiger partial charge in [-0.25, -0.2) is 4.98 Å². The predicted octanol–water partition coefficient (Wildman–Crippen LogP) is 3.72. The van der Waals surface area contributed by atoms with E-state index in [-0.39, 0.29) is 5.69 Å². The van der Waals surface area contributed by atoms with Crippen molar-refractivity contribution in [2.45, 2.75) is 13.1 Å². The standard InChI is InChI=1S/C11H9F3N2S/c1-6-5-16-10(17-6)8-3-2-7(4-9(8)15)11(12,13)14/h2-5H,15H2,1H3. The molecule has 0 aliphatic heterocycles. The summed E-state index contributed by atoms with van der Waals surface area (Å²) in [7, 11) is 0. The van der Waals surface area contributed by atoms with Crippen molar-refractivity contribution in [3.63, 3.8) is 0 Å². The first kappa shape index (κ1) is 11.9. The maximum atomic E-state index is 12.4. The summed E-state index contributed by atoms with van der Waals surface area (Å²) < 4.78 is 37.3. The molecule has 2 N–H and O–H groups in total. The molecule has 0 radical (unpaired) electrons. The predicted molar refractivity (Wildman–Crippen MR) is 61.7 cm³/mol. The average Bonchev–Trinajstić information content (AvgIpc) is 2.63. The van der Waals surface area contributed by atoms with E-state index < -0.39 is 11.7 Å². The molecule has 2 aromatic rings. The van der Waals surface area contributed by atoms with Crippen molar-refractivity contribution < 1.29 is 13.2 Å². The molecule has 2 nitrogen and oxygen atoms in total. The summed E-state index contributed by atoms with van der Waals surface area (Å²) >= 11 is 1.40. The first-order valence-electron chi connectivity index (χ1n) is 4.77. The van der Waals surface area contributed by atoms with Gasteiger partial charge in [-0.05, 0) is 25.1 Å². The number of aromatic nitrogens is 1. The number of hydrogen-bond acceptors (Lipinski definition) is 3. The summed E-state index contributed by atoms with van der Waals surface area (Å²) in [6, 6.07) is 3.31. The minimum Gasteiger partial charge on any atom is -0.398 e. The van der Waals surface area contributed by atoms with Crippen molar-refractivity contribution in [2.24, 2.45) is 0 Å². The summed E-state index contributed by atoms with van der Waals surface area (Å²) in [5, 5.41) is 0.633. The molecule has 17 heavy (non-hydrogen) atoms. The zero-order valence-corrected chi connectivity index (χ0v) is 9.69. The lowest BCUT2D eigenvalue weighted by Crippen LogP contribution is -2.05. The third-order valence-electron chi connectivity index (χ3n) is 2.23. The van der Waals surface area contributed by atoms with Crippen LogP contribution in [0.4, 0.5) is 18.9 Å². The van der Waals surface area contributed by atoms with Gasteiger partial charge in [-0.3, -0.25) is 0 Å². The lowest BCUT2D eigenvalue weighted by atomic mass is 10.1. The van der Waals surface area contributed by atoms with Gasteiger partial charge < -0.3 is 5.73 Å². The van der Waals surface area contributed by atoms with Gasteiger partial charge in [0.2, 0.25) is 0 Å². The number of halogens is 3. The maximum absolute atomic E-state index is 12.4. The highest BCUT2D eigenvalue weighted by Crippen LogP contribution is 2.35. The first-order valence-corrected chi connectivity index (χ1v) is 5.59. The van der Waals surface area contributed by atoms with E-state index in [1.165, 1.54) is 17.4 Å². The van der Waals surface area contributed by atoms with E-state index in [0.29, 0.717) is 10.6 Å². The van der Waals surface area contributed by atoms with E-state index in [1.54, 1.807) is 6.20 Å². The Morgan fingerprint density at radius 1 is 1.29 bits per heavy atom. The lowest BCUT2D eigenvalue weighted by Gasteiger charge is -2.09. The molecule has 90 valence electrons. The van der Waals surface area contributed by atoms with Gasteiger partial charge in [-0.1, -0.05) is 0 Å². The minimum absolute atomic E-state index is 0.0918. The Balaban J connectivity index is 2.45. The van der Waals surface area contributed by atoms with Crippen LogP contribution in [0.1, 0.15) is 10.4 Å².